The molecule has 0 aliphatic carbocycles. The van der Waals surface area contributed by atoms with Gasteiger partial charge in [-0.15, -0.1) is 0 Å². The molecule has 2 unspecified atom stereocenters. The predicted octanol–water partition coefficient (Wildman–Crippen LogP) is 3.48. The molecule has 4 nitrogen and oxygen atoms in total. The van der Waals surface area contributed by atoms with Crippen LogP contribution >= 0.6 is 0 Å². The fourth-order valence-electron chi connectivity index (χ4n) is 3.18. The summed E-state index contributed by atoms with van der Waals surface area (Å²) in [6, 6.07) is 17.8. The van der Waals surface area contributed by atoms with E-state index >= 15 is 0 Å². The van der Waals surface area contributed by atoms with E-state index in [1.165, 1.54) is 12.5 Å². The highest BCUT2D eigenvalue weighted by Gasteiger charge is 2.30. The van der Waals surface area contributed by atoms with Gasteiger partial charge in [0.05, 0.1) is 0 Å². The van der Waals surface area contributed by atoms with Gasteiger partial charge < -0.3 is 14.4 Å². The van der Waals surface area contributed by atoms with Crippen LogP contribution in [0.15, 0.2) is 54.6 Å². The number of hydrogen-bond acceptors (Lipinski definition) is 4. The van der Waals surface area contributed by atoms with Gasteiger partial charge in [0, 0.05) is 25.9 Å². The van der Waals surface area contributed by atoms with Crippen molar-refractivity contribution in [3.63, 3.8) is 0 Å². The first-order chi connectivity index (χ1) is 11.6. The summed E-state index contributed by atoms with van der Waals surface area (Å²) in [6.45, 7) is 3.41. The van der Waals surface area contributed by atoms with Gasteiger partial charge in [-0.1, -0.05) is 30.3 Å². The number of ether oxygens (including phenoxy) is 2. The molecule has 126 valence electrons. The van der Waals surface area contributed by atoms with Crippen molar-refractivity contribution in [2.75, 3.05) is 20.1 Å². The molecule has 1 saturated heterocycles. The van der Waals surface area contributed by atoms with Crippen LogP contribution in [0.5, 0.6) is 11.5 Å². The van der Waals surface area contributed by atoms with E-state index in [2.05, 4.69) is 36.2 Å². The molecule has 2 aromatic rings. The number of nitrogens with zero attached hydrogens (tertiary/aromatic N) is 1. The molecule has 0 radical (unpaired) electrons. The maximum absolute atomic E-state index is 11.0. The summed E-state index contributed by atoms with van der Waals surface area (Å²) in [6.07, 6.45) is 1.13. The minimum absolute atomic E-state index is 0.142. The Balaban J connectivity index is 1.73. The van der Waals surface area contributed by atoms with Gasteiger partial charge in [0.15, 0.2) is 0 Å². The van der Waals surface area contributed by atoms with Crippen molar-refractivity contribution in [1.29, 1.82) is 0 Å². The van der Waals surface area contributed by atoms with Crippen molar-refractivity contribution in [2.45, 2.75) is 25.4 Å². The van der Waals surface area contributed by atoms with Gasteiger partial charge in [0.1, 0.15) is 17.6 Å². The maximum atomic E-state index is 11.0. The molecule has 1 heterocycles. The van der Waals surface area contributed by atoms with E-state index in [1.807, 2.05) is 18.2 Å². The second kappa shape index (κ2) is 7.49. The quantitative estimate of drug-likeness (QED) is 0.637. The molecule has 0 spiro atoms. The lowest BCUT2D eigenvalue weighted by molar-refractivity contribution is -0.131. The van der Waals surface area contributed by atoms with Crippen LogP contribution in [0.2, 0.25) is 0 Å². The molecule has 0 aromatic heterocycles. The van der Waals surface area contributed by atoms with Crippen molar-refractivity contribution in [1.82, 2.24) is 4.90 Å². The third kappa shape index (κ3) is 4.15. The number of carbonyl (C=O) groups excluding carboxylic acids is 1. The molecule has 0 amide bonds. The SMILES string of the molecule is CC(=O)Oc1ccc(OC2CCN(C)CC2c2ccccc2)cc1. The zero-order chi connectivity index (χ0) is 16.9. The van der Waals surface area contributed by atoms with E-state index in [1.54, 1.807) is 12.1 Å². The van der Waals surface area contributed by atoms with E-state index in [-0.39, 0.29) is 12.1 Å². The summed E-state index contributed by atoms with van der Waals surface area (Å²) < 4.78 is 11.3. The molecule has 1 aliphatic rings. The van der Waals surface area contributed by atoms with Gasteiger partial charge in [0.25, 0.3) is 0 Å². The lowest BCUT2D eigenvalue weighted by Gasteiger charge is -2.37. The fourth-order valence-corrected chi connectivity index (χ4v) is 3.18. The number of likely N-dealkylation sites (tertiary alicyclic amines) is 1. The number of rotatable bonds is 4. The summed E-state index contributed by atoms with van der Waals surface area (Å²) >= 11 is 0. The van der Waals surface area contributed by atoms with E-state index in [0.29, 0.717) is 11.7 Å². The second-order valence-corrected chi connectivity index (χ2v) is 6.29. The monoisotopic (exact) mass is 325 g/mol. The molecule has 0 saturated carbocycles. The van der Waals surface area contributed by atoms with E-state index in [9.17, 15) is 4.79 Å². The number of carbonyl (C=O) groups is 1. The molecule has 2 atom stereocenters. The number of esters is 1. The summed E-state index contributed by atoms with van der Waals surface area (Å²) in [7, 11) is 2.15. The Labute approximate surface area is 143 Å². The Bertz CT molecular complexity index is 669. The van der Waals surface area contributed by atoms with Gasteiger partial charge in [-0.2, -0.15) is 0 Å². The number of benzene rings is 2. The molecule has 4 heteroatoms. The smallest absolute Gasteiger partial charge is 0.308 e. The van der Waals surface area contributed by atoms with Gasteiger partial charge in [-0.05, 0) is 43.3 Å². The Morgan fingerprint density at radius 3 is 2.38 bits per heavy atom. The standard InChI is InChI=1S/C20H23NO3/c1-15(22)23-17-8-10-18(11-9-17)24-20-12-13-21(2)14-19(20)16-6-4-3-5-7-16/h3-11,19-20H,12-14H2,1-2H3. The summed E-state index contributed by atoms with van der Waals surface area (Å²) in [5.74, 6) is 1.38. The molecule has 3 rings (SSSR count). The van der Waals surface area contributed by atoms with Crippen molar-refractivity contribution in [3.8, 4) is 11.5 Å². The predicted molar refractivity (Wildman–Crippen MR) is 93.5 cm³/mol. The van der Waals surface area contributed by atoms with Crippen LogP contribution in [0.4, 0.5) is 0 Å². The van der Waals surface area contributed by atoms with Crippen molar-refractivity contribution in [2.24, 2.45) is 0 Å². The van der Waals surface area contributed by atoms with E-state index in [4.69, 9.17) is 9.47 Å². The van der Waals surface area contributed by atoms with Crippen LogP contribution < -0.4 is 9.47 Å². The molecule has 24 heavy (non-hydrogen) atoms. The molecular weight excluding hydrogens is 302 g/mol. The minimum Gasteiger partial charge on any atom is -0.490 e. The average molecular weight is 325 g/mol. The largest absolute Gasteiger partial charge is 0.490 e. The lowest BCUT2D eigenvalue weighted by atomic mass is 9.88. The summed E-state index contributed by atoms with van der Waals surface area (Å²) in [4.78, 5) is 13.3. The number of piperidine rings is 1. The Morgan fingerprint density at radius 1 is 1.04 bits per heavy atom. The van der Waals surface area contributed by atoms with E-state index in [0.717, 1.165) is 25.3 Å². The lowest BCUT2D eigenvalue weighted by Crippen LogP contribution is -2.42. The zero-order valence-electron chi connectivity index (χ0n) is 14.1. The van der Waals surface area contributed by atoms with Crippen LogP contribution in [0.25, 0.3) is 0 Å². The van der Waals surface area contributed by atoms with Crippen LogP contribution in [0.1, 0.15) is 24.8 Å². The van der Waals surface area contributed by atoms with Crippen LogP contribution in [0.3, 0.4) is 0 Å². The Kier molecular flexibility index (Phi) is 5.16. The van der Waals surface area contributed by atoms with E-state index < -0.39 is 0 Å². The van der Waals surface area contributed by atoms with Gasteiger partial charge in [0.2, 0.25) is 0 Å². The average Bonchev–Trinajstić information content (AvgIpc) is 2.58. The Morgan fingerprint density at radius 2 is 1.71 bits per heavy atom. The molecule has 2 aromatic carbocycles. The fraction of sp³-hybridized carbons (Fsp3) is 0.350. The number of likely N-dealkylation sites (N-methyl/N-ethyl adjacent to an activating group) is 1. The molecule has 1 fully saturated rings. The number of hydrogen-bond donors (Lipinski definition) is 0. The topological polar surface area (TPSA) is 38.8 Å². The van der Waals surface area contributed by atoms with Crippen LogP contribution in [-0.2, 0) is 4.79 Å². The Hall–Kier alpha value is -2.33. The second-order valence-electron chi connectivity index (χ2n) is 6.29. The highest BCUT2D eigenvalue weighted by molar-refractivity contribution is 5.69. The van der Waals surface area contributed by atoms with Gasteiger partial charge in [-0.3, -0.25) is 4.79 Å². The van der Waals surface area contributed by atoms with Crippen molar-refractivity contribution < 1.29 is 14.3 Å². The van der Waals surface area contributed by atoms with Crippen molar-refractivity contribution in [3.05, 3.63) is 60.2 Å². The first kappa shape index (κ1) is 16.5. The van der Waals surface area contributed by atoms with Crippen LogP contribution in [0, 0.1) is 0 Å². The molecule has 0 bridgehead atoms. The maximum Gasteiger partial charge on any atom is 0.308 e. The first-order valence-corrected chi connectivity index (χ1v) is 8.30. The highest BCUT2D eigenvalue weighted by Crippen LogP contribution is 2.31. The summed E-state index contributed by atoms with van der Waals surface area (Å²) in [5, 5.41) is 0. The van der Waals surface area contributed by atoms with Crippen LogP contribution in [-0.4, -0.2) is 37.1 Å². The molecular formula is C20H23NO3. The first-order valence-electron chi connectivity index (χ1n) is 8.30. The third-order valence-electron chi connectivity index (χ3n) is 4.35. The molecule has 0 N–H and O–H groups in total. The minimum atomic E-state index is -0.317. The van der Waals surface area contributed by atoms with Gasteiger partial charge >= 0.3 is 5.97 Å². The zero-order valence-corrected chi connectivity index (χ0v) is 14.1. The summed E-state index contributed by atoms with van der Waals surface area (Å²) in [5.41, 5.74) is 1.31. The van der Waals surface area contributed by atoms with Gasteiger partial charge in [-0.25, -0.2) is 0 Å². The normalized spacial score (nSPS) is 21.2. The molecule has 1 aliphatic heterocycles. The third-order valence-corrected chi connectivity index (χ3v) is 4.35. The highest BCUT2D eigenvalue weighted by atomic mass is 16.5. The van der Waals surface area contributed by atoms with Crippen molar-refractivity contribution >= 4 is 5.97 Å².